The first-order chi connectivity index (χ1) is 14.5. The average molecular weight is 497 g/mol. The largest absolute Gasteiger partial charge is 0.341 e. The molecule has 166 valence electrons. The number of aryl methyl sites for hydroxylation is 1. The zero-order valence-electron chi connectivity index (χ0n) is 18.2. The molecule has 0 saturated carbocycles. The van der Waals surface area contributed by atoms with Crippen LogP contribution in [-0.4, -0.2) is 32.2 Å². The summed E-state index contributed by atoms with van der Waals surface area (Å²) in [5.74, 6) is 0.219. The van der Waals surface area contributed by atoms with Crippen molar-refractivity contribution in [2.45, 2.75) is 50.9 Å². The Labute approximate surface area is 204 Å². The zero-order valence-corrected chi connectivity index (χ0v) is 21.3. The standard InChI is InChI=1S/C23H27Cl2N3OS2/c1-13(2)20-28(19(29)15-7-9-16(24)10-8-15)21(23(4,5)31-20)27-22(30)26-17-11-6-14(3)18(25)12-17/h6-13,20-21H,1-5H3,(H2,26,27,30). The number of benzene rings is 2. The fourth-order valence-corrected chi connectivity index (χ4v) is 5.61. The molecular weight excluding hydrogens is 469 g/mol. The molecule has 0 aromatic heterocycles. The van der Waals surface area contributed by atoms with Crippen LogP contribution in [-0.2, 0) is 0 Å². The van der Waals surface area contributed by atoms with Crippen LogP contribution in [0.3, 0.4) is 0 Å². The van der Waals surface area contributed by atoms with Crippen molar-refractivity contribution in [1.29, 1.82) is 0 Å². The van der Waals surface area contributed by atoms with Crippen LogP contribution in [0.15, 0.2) is 42.5 Å². The van der Waals surface area contributed by atoms with Crippen molar-refractivity contribution in [3.63, 3.8) is 0 Å². The van der Waals surface area contributed by atoms with E-state index < -0.39 is 0 Å². The molecule has 1 aliphatic heterocycles. The van der Waals surface area contributed by atoms with Crippen molar-refractivity contribution in [3.05, 3.63) is 63.6 Å². The van der Waals surface area contributed by atoms with E-state index in [1.54, 1.807) is 36.0 Å². The third kappa shape index (κ3) is 5.48. The molecule has 4 nitrogen and oxygen atoms in total. The van der Waals surface area contributed by atoms with E-state index in [0.717, 1.165) is 11.3 Å². The van der Waals surface area contributed by atoms with Crippen molar-refractivity contribution in [3.8, 4) is 0 Å². The summed E-state index contributed by atoms with van der Waals surface area (Å²) in [4.78, 5) is 15.5. The molecule has 31 heavy (non-hydrogen) atoms. The van der Waals surface area contributed by atoms with Gasteiger partial charge in [-0.1, -0.05) is 43.1 Å². The Morgan fingerprint density at radius 3 is 2.39 bits per heavy atom. The van der Waals surface area contributed by atoms with Crippen LogP contribution in [0.25, 0.3) is 0 Å². The van der Waals surface area contributed by atoms with Crippen LogP contribution in [0, 0.1) is 12.8 Å². The number of rotatable bonds is 4. The number of amides is 1. The number of halogens is 2. The molecule has 1 saturated heterocycles. The normalized spacial score (nSPS) is 20.1. The van der Waals surface area contributed by atoms with E-state index in [2.05, 4.69) is 38.3 Å². The zero-order chi connectivity index (χ0) is 22.9. The van der Waals surface area contributed by atoms with Crippen LogP contribution in [0.1, 0.15) is 43.6 Å². The summed E-state index contributed by atoms with van der Waals surface area (Å²) in [6, 6.07) is 12.7. The van der Waals surface area contributed by atoms with E-state index in [9.17, 15) is 4.79 Å². The number of carbonyl (C=O) groups excluding carboxylic acids is 1. The summed E-state index contributed by atoms with van der Waals surface area (Å²) in [5.41, 5.74) is 2.40. The highest BCUT2D eigenvalue weighted by molar-refractivity contribution is 8.01. The topological polar surface area (TPSA) is 44.4 Å². The molecule has 1 heterocycles. The lowest BCUT2D eigenvalue weighted by atomic mass is 10.1. The van der Waals surface area contributed by atoms with E-state index in [4.69, 9.17) is 35.4 Å². The molecule has 1 aliphatic rings. The van der Waals surface area contributed by atoms with Crippen LogP contribution in [0.4, 0.5) is 5.69 Å². The van der Waals surface area contributed by atoms with Gasteiger partial charge in [-0.2, -0.15) is 0 Å². The molecule has 0 aliphatic carbocycles. The smallest absolute Gasteiger partial charge is 0.256 e. The van der Waals surface area contributed by atoms with Crippen LogP contribution in [0.5, 0.6) is 0 Å². The lowest BCUT2D eigenvalue weighted by Crippen LogP contribution is -2.57. The highest BCUT2D eigenvalue weighted by Crippen LogP contribution is 2.46. The van der Waals surface area contributed by atoms with Gasteiger partial charge >= 0.3 is 0 Å². The highest BCUT2D eigenvalue weighted by Gasteiger charge is 2.50. The van der Waals surface area contributed by atoms with Crippen molar-refractivity contribution in [1.82, 2.24) is 10.2 Å². The second kappa shape index (κ2) is 9.57. The Morgan fingerprint density at radius 2 is 1.81 bits per heavy atom. The maximum atomic E-state index is 13.5. The second-order valence-corrected chi connectivity index (χ2v) is 11.6. The maximum Gasteiger partial charge on any atom is 0.256 e. The van der Waals surface area contributed by atoms with E-state index in [1.807, 2.05) is 30.0 Å². The predicted octanol–water partition coefficient (Wildman–Crippen LogP) is 6.56. The Hall–Kier alpha value is -1.47. The third-order valence-corrected chi connectivity index (χ3v) is 7.95. The maximum absolute atomic E-state index is 13.5. The molecule has 1 fully saturated rings. The van der Waals surface area contributed by atoms with Crippen LogP contribution >= 0.6 is 47.2 Å². The van der Waals surface area contributed by atoms with Crippen molar-refractivity contribution >= 4 is 63.9 Å². The van der Waals surface area contributed by atoms with Crippen molar-refractivity contribution < 1.29 is 4.79 Å². The molecule has 0 spiro atoms. The molecule has 2 atom stereocenters. The first-order valence-corrected chi connectivity index (χ1v) is 12.1. The second-order valence-electron chi connectivity index (χ2n) is 8.54. The Balaban J connectivity index is 1.86. The van der Waals surface area contributed by atoms with Gasteiger partial charge in [-0.3, -0.25) is 4.79 Å². The number of anilines is 1. The number of hydrogen-bond donors (Lipinski definition) is 2. The van der Waals surface area contributed by atoms with Gasteiger partial charge in [-0.05, 0) is 80.9 Å². The predicted molar refractivity (Wildman–Crippen MR) is 137 cm³/mol. The summed E-state index contributed by atoms with van der Waals surface area (Å²) in [7, 11) is 0. The lowest BCUT2D eigenvalue weighted by molar-refractivity contribution is 0.0605. The van der Waals surface area contributed by atoms with Gasteiger partial charge in [-0.15, -0.1) is 11.8 Å². The van der Waals surface area contributed by atoms with Crippen molar-refractivity contribution in [2.24, 2.45) is 5.92 Å². The minimum Gasteiger partial charge on any atom is -0.341 e. The molecule has 3 rings (SSSR count). The van der Waals surface area contributed by atoms with Gasteiger partial charge in [0.2, 0.25) is 0 Å². The number of nitrogens with zero attached hydrogens (tertiary/aromatic N) is 1. The number of carbonyl (C=O) groups is 1. The fourth-order valence-electron chi connectivity index (χ4n) is 3.55. The van der Waals surface area contributed by atoms with Gasteiger partial charge in [0.1, 0.15) is 6.17 Å². The van der Waals surface area contributed by atoms with E-state index in [-0.39, 0.29) is 28.1 Å². The van der Waals surface area contributed by atoms with Crippen LogP contribution in [0.2, 0.25) is 10.0 Å². The summed E-state index contributed by atoms with van der Waals surface area (Å²) >= 11 is 19.6. The van der Waals surface area contributed by atoms with Gasteiger partial charge < -0.3 is 15.5 Å². The van der Waals surface area contributed by atoms with Gasteiger partial charge in [0.05, 0.1) is 10.1 Å². The Kier molecular flexibility index (Phi) is 7.47. The SMILES string of the molecule is Cc1ccc(NC(=S)NC2N(C(=O)c3ccc(Cl)cc3)C(C(C)C)SC2(C)C)cc1Cl. The van der Waals surface area contributed by atoms with Gasteiger partial charge in [0.15, 0.2) is 5.11 Å². The molecule has 2 N–H and O–H groups in total. The molecule has 8 heteroatoms. The molecular formula is C23H27Cl2N3OS2. The lowest BCUT2D eigenvalue weighted by Gasteiger charge is -2.35. The molecule has 0 radical (unpaired) electrons. The summed E-state index contributed by atoms with van der Waals surface area (Å²) < 4.78 is -0.256. The first kappa shape index (κ1) is 24.2. The van der Waals surface area contributed by atoms with Gasteiger partial charge in [0.25, 0.3) is 5.91 Å². The fraction of sp³-hybridized carbons (Fsp3) is 0.391. The number of thioether (sulfide) groups is 1. The Bertz CT molecular complexity index is 979. The van der Waals surface area contributed by atoms with Crippen LogP contribution < -0.4 is 10.6 Å². The molecule has 1 amide bonds. The first-order valence-electron chi connectivity index (χ1n) is 10.1. The van der Waals surface area contributed by atoms with E-state index in [1.165, 1.54) is 0 Å². The molecule has 2 unspecified atom stereocenters. The van der Waals surface area contributed by atoms with Gasteiger partial charge in [0, 0.05) is 21.3 Å². The molecule has 0 bridgehead atoms. The molecule has 2 aromatic rings. The monoisotopic (exact) mass is 495 g/mol. The minimum atomic E-state index is -0.297. The summed E-state index contributed by atoms with van der Waals surface area (Å²) in [6.07, 6.45) is -0.297. The Morgan fingerprint density at radius 1 is 1.16 bits per heavy atom. The quantitative estimate of drug-likeness (QED) is 0.469. The number of hydrogen-bond acceptors (Lipinski definition) is 3. The van der Waals surface area contributed by atoms with Crippen molar-refractivity contribution in [2.75, 3.05) is 5.32 Å². The van der Waals surface area contributed by atoms with E-state index >= 15 is 0 Å². The number of nitrogens with one attached hydrogen (secondary N) is 2. The molecule has 2 aromatic carbocycles. The van der Waals surface area contributed by atoms with E-state index in [0.29, 0.717) is 20.7 Å². The number of thiocarbonyl (C=S) groups is 1. The summed E-state index contributed by atoms with van der Waals surface area (Å²) in [6.45, 7) is 10.5. The summed E-state index contributed by atoms with van der Waals surface area (Å²) in [5, 5.41) is 8.30. The third-order valence-electron chi connectivity index (χ3n) is 5.23. The highest BCUT2D eigenvalue weighted by atomic mass is 35.5. The average Bonchev–Trinajstić information content (AvgIpc) is 2.95. The minimum absolute atomic E-state index is 0.00676. The van der Waals surface area contributed by atoms with Gasteiger partial charge in [-0.25, -0.2) is 0 Å².